The van der Waals surface area contributed by atoms with Crippen LogP contribution in [0.2, 0.25) is 0 Å². The average molecular weight is 300 g/mol. The van der Waals surface area contributed by atoms with E-state index < -0.39 is 0 Å². The first-order valence-corrected chi connectivity index (χ1v) is 8.25. The van der Waals surface area contributed by atoms with Crippen LogP contribution in [0.4, 0.5) is 0 Å². The summed E-state index contributed by atoms with van der Waals surface area (Å²) in [5, 5.41) is 0. The Balaban J connectivity index is 2.07. The first kappa shape index (κ1) is 15.6. The fourth-order valence-electron chi connectivity index (χ4n) is 3.05. The smallest absolute Gasteiger partial charge is 0.00196 e. The van der Waals surface area contributed by atoms with Crippen LogP contribution in [0.5, 0.6) is 0 Å². The molecule has 0 spiro atoms. The third-order valence-corrected chi connectivity index (χ3v) is 4.46. The van der Waals surface area contributed by atoms with E-state index in [0.717, 1.165) is 6.42 Å². The molecule has 0 fully saturated rings. The number of rotatable bonds is 3. The Morgan fingerprint density at radius 1 is 0.565 bits per heavy atom. The van der Waals surface area contributed by atoms with E-state index in [2.05, 4.69) is 88.4 Å². The maximum Gasteiger partial charge on any atom is -0.00196 e. The zero-order chi connectivity index (χ0) is 16.4. The molecule has 3 aromatic rings. The summed E-state index contributed by atoms with van der Waals surface area (Å²) in [6, 6.07) is 22.4. The van der Waals surface area contributed by atoms with Crippen molar-refractivity contribution in [2.45, 2.75) is 34.1 Å². The van der Waals surface area contributed by atoms with E-state index >= 15 is 0 Å². The highest BCUT2D eigenvalue weighted by Crippen LogP contribution is 2.30. The molecule has 0 nitrogen and oxygen atoms in total. The molecule has 0 heterocycles. The van der Waals surface area contributed by atoms with Crippen LogP contribution in [-0.2, 0) is 6.42 Å². The molecule has 116 valence electrons. The number of hydrogen-bond donors (Lipinski definition) is 0. The van der Waals surface area contributed by atoms with Crippen LogP contribution in [0, 0.1) is 27.7 Å². The molecular weight excluding hydrogens is 276 g/mol. The van der Waals surface area contributed by atoms with Gasteiger partial charge < -0.3 is 0 Å². The van der Waals surface area contributed by atoms with Gasteiger partial charge in [-0.15, -0.1) is 0 Å². The Morgan fingerprint density at radius 3 is 1.83 bits per heavy atom. The highest BCUT2D eigenvalue weighted by molar-refractivity contribution is 5.72. The molecule has 23 heavy (non-hydrogen) atoms. The molecule has 0 N–H and O–H groups in total. The van der Waals surface area contributed by atoms with Gasteiger partial charge in [0.15, 0.2) is 0 Å². The second-order valence-electron chi connectivity index (χ2n) is 6.64. The number of benzene rings is 3. The molecule has 3 rings (SSSR count). The monoisotopic (exact) mass is 300 g/mol. The van der Waals surface area contributed by atoms with Gasteiger partial charge >= 0.3 is 0 Å². The van der Waals surface area contributed by atoms with E-state index in [4.69, 9.17) is 0 Å². The molecular formula is C23H24. The van der Waals surface area contributed by atoms with Crippen molar-refractivity contribution in [3.05, 3.63) is 94.0 Å². The van der Waals surface area contributed by atoms with E-state index in [9.17, 15) is 0 Å². The summed E-state index contributed by atoms with van der Waals surface area (Å²) in [4.78, 5) is 0. The second kappa shape index (κ2) is 6.42. The lowest BCUT2D eigenvalue weighted by molar-refractivity contribution is 1.18. The minimum absolute atomic E-state index is 0.975. The molecule has 0 aliphatic carbocycles. The molecule has 0 aliphatic heterocycles. The van der Waals surface area contributed by atoms with Gasteiger partial charge in [0.1, 0.15) is 0 Å². The normalized spacial score (nSPS) is 10.8. The molecule has 0 radical (unpaired) electrons. The summed E-state index contributed by atoms with van der Waals surface area (Å²) in [5.41, 5.74) is 10.8. The van der Waals surface area contributed by atoms with Crippen LogP contribution in [0.25, 0.3) is 11.1 Å². The maximum atomic E-state index is 2.32. The second-order valence-corrected chi connectivity index (χ2v) is 6.64. The Hall–Kier alpha value is -2.34. The van der Waals surface area contributed by atoms with Crippen LogP contribution < -0.4 is 0 Å². The Kier molecular flexibility index (Phi) is 4.34. The molecule has 0 unspecified atom stereocenters. The predicted octanol–water partition coefficient (Wildman–Crippen LogP) is 6.18. The molecule has 0 aliphatic rings. The molecule has 0 bridgehead atoms. The number of hydrogen-bond acceptors (Lipinski definition) is 0. The van der Waals surface area contributed by atoms with Crippen molar-refractivity contribution in [2.24, 2.45) is 0 Å². The van der Waals surface area contributed by atoms with Gasteiger partial charge in [-0.1, -0.05) is 77.4 Å². The quantitative estimate of drug-likeness (QED) is 0.542. The average Bonchev–Trinajstić information content (AvgIpc) is 2.53. The summed E-state index contributed by atoms with van der Waals surface area (Å²) in [6.07, 6.45) is 0.975. The lowest BCUT2D eigenvalue weighted by Gasteiger charge is -2.14. The van der Waals surface area contributed by atoms with Crippen molar-refractivity contribution in [3.63, 3.8) is 0 Å². The Morgan fingerprint density at radius 2 is 1.13 bits per heavy atom. The maximum absolute atomic E-state index is 2.32. The molecule has 0 aromatic heterocycles. The van der Waals surface area contributed by atoms with Crippen LogP contribution >= 0.6 is 0 Å². The van der Waals surface area contributed by atoms with Crippen molar-refractivity contribution < 1.29 is 0 Å². The Labute approximate surface area is 139 Å². The first-order valence-electron chi connectivity index (χ1n) is 8.25. The van der Waals surface area contributed by atoms with Gasteiger partial charge in [0.25, 0.3) is 0 Å². The largest absolute Gasteiger partial charge is 0.0590 e. The van der Waals surface area contributed by atoms with Crippen LogP contribution in [0.15, 0.2) is 60.7 Å². The highest BCUT2D eigenvalue weighted by atomic mass is 14.1. The first-order chi connectivity index (χ1) is 11.0. The summed E-state index contributed by atoms with van der Waals surface area (Å²) >= 11 is 0. The summed E-state index contributed by atoms with van der Waals surface area (Å²) in [7, 11) is 0. The predicted molar refractivity (Wildman–Crippen MR) is 100 cm³/mol. The summed E-state index contributed by atoms with van der Waals surface area (Å²) in [6.45, 7) is 8.67. The minimum Gasteiger partial charge on any atom is -0.0590 e. The molecule has 0 saturated heterocycles. The van der Waals surface area contributed by atoms with Crippen molar-refractivity contribution in [1.29, 1.82) is 0 Å². The fraction of sp³-hybridized carbons (Fsp3) is 0.217. The topological polar surface area (TPSA) is 0 Å². The zero-order valence-corrected chi connectivity index (χ0v) is 14.5. The van der Waals surface area contributed by atoms with Crippen molar-refractivity contribution in [2.75, 3.05) is 0 Å². The van der Waals surface area contributed by atoms with Crippen LogP contribution in [0.3, 0.4) is 0 Å². The van der Waals surface area contributed by atoms with E-state index in [-0.39, 0.29) is 0 Å². The summed E-state index contributed by atoms with van der Waals surface area (Å²) in [5.74, 6) is 0. The third kappa shape index (κ3) is 3.53. The van der Waals surface area contributed by atoms with Gasteiger partial charge in [0.05, 0.1) is 0 Å². The van der Waals surface area contributed by atoms with Crippen molar-refractivity contribution in [3.8, 4) is 11.1 Å². The molecule has 0 heteroatoms. The standard InChI is InChI=1S/C23H24/c1-16-6-10-20(11-7-16)15-21-12-8-18(3)14-23(21)22-13-17(2)5-9-19(22)4/h5-14H,15H2,1-4H3. The van der Waals surface area contributed by atoms with E-state index in [1.54, 1.807) is 0 Å². The van der Waals surface area contributed by atoms with Gasteiger partial charge in [-0.2, -0.15) is 0 Å². The summed E-state index contributed by atoms with van der Waals surface area (Å²) < 4.78 is 0. The molecule has 0 amide bonds. The van der Waals surface area contributed by atoms with Crippen LogP contribution in [-0.4, -0.2) is 0 Å². The fourth-order valence-corrected chi connectivity index (χ4v) is 3.05. The van der Waals surface area contributed by atoms with E-state index in [1.807, 2.05) is 0 Å². The zero-order valence-electron chi connectivity index (χ0n) is 14.5. The molecule has 3 aromatic carbocycles. The third-order valence-electron chi connectivity index (χ3n) is 4.46. The molecule has 0 saturated carbocycles. The SMILES string of the molecule is Cc1ccc(Cc2ccc(C)cc2-c2cc(C)ccc2C)cc1. The highest BCUT2D eigenvalue weighted by Gasteiger charge is 2.09. The lowest BCUT2D eigenvalue weighted by Crippen LogP contribution is -1.95. The minimum atomic E-state index is 0.975. The van der Waals surface area contributed by atoms with Gasteiger partial charge in [0, 0.05) is 0 Å². The van der Waals surface area contributed by atoms with Crippen molar-refractivity contribution >= 4 is 0 Å². The lowest BCUT2D eigenvalue weighted by atomic mass is 9.90. The number of aryl methyl sites for hydroxylation is 4. The van der Waals surface area contributed by atoms with Crippen molar-refractivity contribution in [1.82, 2.24) is 0 Å². The van der Waals surface area contributed by atoms with Gasteiger partial charge in [-0.05, 0) is 61.9 Å². The Bertz CT molecular complexity index is 823. The van der Waals surface area contributed by atoms with Gasteiger partial charge in [-0.3, -0.25) is 0 Å². The van der Waals surface area contributed by atoms with Gasteiger partial charge in [-0.25, -0.2) is 0 Å². The van der Waals surface area contributed by atoms with Gasteiger partial charge in [0.2, 0.25) is 0 Å². The van der Waals surface area contributed by atoms with E-state index in [0.29, 0.717) is 0 Å². The van der Waals surface area contributed by atoms with E-state index in [1.165, 1.54) is 44.5 Å². The van der Waals surface area contributed by atoms with Crippen LogP contribution in [0.1, 0.15) is 33.4 Å². The molecule has 0 atom stereocenters.